The summed E-state index contributed by atoms with van der Waals surface area (Å²) in [5.74, 6) is 0.0308. The fourth-order valence-electron chi connectivity index (χ4n) is 2.40. The second-order valence-corrected chi connectivity index (χ2v) is 7.19. The molecular weight excluding hydrogens is 322 g/mol. The molecule has 0 amide bonds. The molecule has 3 rings (SSSR count). The van der Waals surface area contributed by atoms with Crippen molar-refractivity contribution in [3.63, 3.8) is 0 Å². The highest BCUT2D eigenvalue weighted by Crippen LogP contribution is 2.26. The van der Waals surface area contributed by atoms with E-state index in [1.807, 2.05) is 36.4 Å². The number of aromatic hydroxyl groups is 1. The molecule has 3 aromatic rings. The van der Waals surface area contributed by atoms with Gasteiger partial charge in [-0.2, -0.15) is 0 Å². The molecule has 0 saturated carbocycles. The Morgan fingerprint density at radius 2 is 1.29 bits per heavy atom. The highest BCUT2D eigenvalue weighted by Gasteiger charge is 2.25. The molecule has 0 fully saturated rings. The van der Waals surface area contributed by atoms with E-state index < -0.39 is 10.0 Å². The standard InChI is InChI=1S/C19H17NO3S/c21-18-11-13-19(14-12-18)24(22,23)20(17-9-5-2-6-10-17)15-16-7-3-1-4-8-16/h1-14,21H,15H2. The smallest absolute Gasteiger partial charge is 0.264 e. The first kappa shape index (κ1) is 16.1. The quantitative estimate of drug-likeness (QED) is 0.769. The van der Waals surface area contributed by atoms with Gasteiger partial charge >= 0.3 is 0 Å². The van der Waals surface area contributed by atoms with E-state index in [0.717, 1.165) is 5.56 Å². The predicted molar refractivity (Wildman–Crippen MR) is 94.4 cm³/mol. The van der Waals surface area contributed by atoms with Crippen molar-refractivity contribution < 1.29 is 13.5 Å². The van der Waals surface area contributed by atoms with Crippen LogP contribution in [0.25, 0.3) is 0 Å². The van der Waals surface area contributed by atoms with Gasteiger partial charge in [-0.3, -0.25) is 4.31 Å². The van der Waals surface area contributed by atoms with Gasteiger partial charge in [0.05, 0.1) is 17.1 Å². The maximum Gasteiger partial charge on any atom is 0.264 e. The van der Waals surface area contributed by atoms with Crippen LogP contribution in [0.5, 0.6) is 5.75 Å². The molecule has 122 valence electrons. The van der Waals surface area contributed by atoms with Gasteiger partial charge in [-0.15, -0.1) is 0 Å². The summed E-state index contributed by atoms with van der Waals surface area (Å²) in [4.78, 5) is 0.139. The zero-order valence-corrected chi connectivity index (χ0v) is 13.7. The number of nitrogens with zero attached hydrogens (tertiary/aromatic N) is 1. The summed E-state index contributed by atoms with van der Waals surface area (Å²) in [7, 11) is -3.75. The first-order valence-corrected chi connectivity index (χ1v) is 8.92. The van der Waals surface area contributed by atoms with Crippen LogP contribution in [0, 0.1) is 0 Å². The van der Waals surface area contributed by atoms with Crippen LogP contribution in [0.4, 0.5) is 5.69 Å². The molecule has 0 aromatic heterocycles. The third kappa shape index (κ3) is 3.41. The minimum Gasteiger partial charge on any atom is -0.508 e. The molecule has 0 heterocycles. The Morgan fingerprint density at radius 3 is 1.88 bits per heavy atom. The maximum absolute atomic E-state index is 13.1. The largest absolute Gasteiger partial charge is 0.508 e. The van der Waals surface area contributed by atoms with Crippen molar-refractivity contribution in [2.75, 3.05) is 4.31 Å². The van der Waals surface area contributed by atoms with Crippen LogP contribution in [-0.2, 0) is 16.6 Å². The fraction of sp³-hybridized carbons (Fsp3) is 0.0526. The molecule has 5 heteroatoms. The molecule has 0 saturated heterocycles. The first-order chi connectivity index (χ1) is 11.6. The van der Waals surface area contributed by atoms with Gasteiger partial charge in [-0.05, 0) is 42.0 Å². The van der Waals surface area contributed by atoms with Gasteiger partial charge in [0.25, 0.3) is 10.0 Å². The van der Waals surface area contributed by atoms with E-state index in [-0.39, 0.29) is 17.2 Å². The third-order valence-electron chi connectivity index (χ3n) is 3.64. The Kier molecular flexibility index (Phi) is 4.53. The van der Waals surface area contributed by atoms with Crippen LogP contribution in [0.2, 0.25) is 0 Å². The van der Waals surface area contributed by atoms with E-state index in [2.05, 4.69) is 0 Å². The molecule has 0 aliphatic rings. The van der Waals surface area contributed by atoms with Crippen LogP contribution in [0.15, 0.2) is 89.8 Å². The summed E-state index contributed by atoms with van der Waals surface area (Å²) in [5, 5.41) is 9.40. The number of para-hydroxylation sites is 1. The van der Waals surface area contributed by atoms with E-state index in [1.54, 1.807) is 24.3 Å². The van der Waals surface area contributed by atoms with Gasteiger partial charge in [0.2, 0.25) is 0 Å². The Bertz CT molecular complexity index is 892. The van der Waals surface area contributed by atoms with Crippen molar-refractivity contribution in [1.29, 1.82) is 0 Å². The lowest BCUT2D eigenvalue weighted by Crippen LogP contribution is -2.30. The molecule has 0 spiro atoms. The monoisotopic (exact) mass is 339 g/mol. The van der Waals surface area contributed by atoms with E-state index >= 15 is 0 Å². The van der Waals surface area contributed by atoms with Crippen LogP contribution in [0.1, 0.15) is 5.56 Å². The summed E-state index contributed by atoms with van der Waals surface area (Å²) < 4.78 is 27.6. The molecule has 0 atom stereocenters. The minimum absolute atomic E-state index is 0.0308. The van der Waals surface area contributed by atoms with Crippen molar-refractivity contribution in [3.8, 4) is 5.75 Å². The number of sulfonamides is 1. The van der Waals surface area contributed by atoms with E-state index in [4.69, 9.17) is 0 Å². The van der Waals surface area contributed by atoms with Crippen LogP contribution < -0.4 is 4.31 Å². The van der Waals surface area contributed by atoms with Crippen LogP contribution in [-0.4, -0.2) is 13.5 Å². The maximum atomic E-state index is 13.1. The highest BCUT2D eigenvalue weighted by molar-refractivity contribution is 7.92. The number of hydrogen-bond donors (Lipinski definition) is 1. The molecule has 0 aliphatic heterocycles. The topological polar surface area (TPSA) is 57.6 Å². The molecule has 0 unspecified atom stereocenters. The van der Waals surface area contributed by atoms with E-state index in [1.165, 1.54) is 28.6 Å². The lowest BCUT2D eigenvalue weighted by Gasteiger charge is -2.24. The molecular formula is C19H17NO3S. The lowest BCUT2D eigenvalue weighted by atomic mass is 10.2. The lowest BCUT2D eigenvalue weighted by molar-refractivity contribution is 0.474. The van der Waals surface area contributed by atoms with Gasteiger partial charge in [-0.1, -0.05) is 48.5 Å². The number of anilines is 1. The summed E-state index contributed by atoms with van der Waals surface area (Å²) in [6.45, 7) is 0.230. The average molecular weight is 339 g/mol. The molecule has 0 aliphatic carbocycles. The summed E-state index contributed by atoms with van der Waals surface area (Å²) in [5.41, 5.74) is 1.48. The number of rotatable bonds is 5. The van der Waals surface area contributed by atoms with E-state index in [9.17, 15) is 13.5 Å². The van der Waals surface area contributed by atoms with Gasteiger partial charge in [0, 0.05) is 0 Å². The third-order valence-corrected chi connectivity index (χ3v) is 5.43. The number of phenolic OH excluding ortho intramolecular Hbond substituents is 1. The molecule has 24 heavy (non-hydrogen) atoms. The van der Waals surface area contributed by atoms with E-state index in [0.29, 0.717) is 5.69 Å². The number of benzene rings is 3. The van der Waals surface area contributed by atoms with Gasteiger partial charge in [0.1, 0.15) is 5.75 Å². The highest BCUT2D eigenvalue weighted by atomic mass is 32.2. The fourth-order valence-corrected chi connectivity index (χ4v) is 3.86. The Balaban J connectivity index is 2.05. The molecule has 3 aromatic carbocycles. The minimum atomic E-state index is -3.75. The molecule has 0 radical (unpaired) electrons. The molecule has 1 N–H and O–H groups in total. The molecule has 0 bridgehead atoms. The summed E-state index contributed by atoms with van der Waals surface area (Å²) in [6, 6.07) is 24.0. The van der Waals surface area contributed by atoms with Crippen molar-refractivity contribution in [2.45, 2.75) is 11.4 Å². The predicted octanol–water partition coefficient (Wildman–Crippen LogP) is 3.79. The number of phenols is 1. The second-order valence-electron chi connectivity index (χ2n) is 5.33. The average Bonchev–Trinajstić information content (AvgIpc) is 2.61. The normalized spacial score (nSPS) is 11.2. The van der Waals surface area contributed by atoms with Crippen LogP contribution in [0.3, 0.4) is 0 Å². The van der Waals surface area contributed by atoms with Gasteiger partial charge in [-0.25, -0.2) is 8.42 Å². The summed E-state index contributed by atoms with van der Waals surface area (Å²) >= 11 is 0. The number of hydrogen-bond acceptors (Lipinski definition) is 3. The summed E-state index contributed by atoms with van der Waals surface area (Å²) in [6.07, 6.45) is 0. The van der Waals surface area contributed by atoms with Crippen molar-refractivity contribution >= 4 is 15.7 Å². The van der Waals surface area contributed by atoms with Gasteiger partial charge < -0.3 is 5.11 Å². The van der Waals surface area contributed by atoms with Crippen molar-refractivity contribution in [3.05, 3.63) is 90.5 Å². The Morgan fingerprint density at radius 1 is 0.750 bits per heavy atom. The van der Waals surface area contributed by atoms with Gasteiger partial charge in [0.15, 0.2) is 0 Å². The zero-order valence-electron chi connectivity index (χ0n) is 12.9. The second kappa shape index (κ2) is 6.76. The zero-order chi connectivity index (χ0) is 17.0. The first-order valence-electron chi connectivity index (χ1n) is 7.48. The SMILES string of the molecule is O=S(=O)(c1ccc(O)cc1)N(Cc1ccccc1)c1ccccc1. The Hall–Kier alpha value is -2.79. The Labute approximate surface area is 141 Å². The van der Waals surface area contributed by atoms with Crippen molar-refractivity contribution in [1.82, 2.24) is 0 Å². The molecule has 4 nitrogen and oxygen atoms in total. The van der Waals surface area contributed by atoms with Crippen molar-refractivity contribution in [2.24, 2.45) is 0 Å². The van der Waals surface area contributed by atoms with Crippen LogP contribution >= 0.6 is 0 Å².